The minimum Gasteiger partial charge on any atom is -0.360 e. The van der Waals surface area contributed by atoms with Gasteiger partial charge < -0.3 is 14.7 Å². The molecule has 2 aromatic rings. The minimum absolute atomic E-state index is 0.0965. The van der Waals surface area contributed by atoms with Gasteiger partial charge in [-0.15, -0.1) is 0 Å². The lowest BCUT2D eigenvalue weighted by Crippen LogP contribution is -2.37. The molecule has 1 atom stereocenters. The fourth-order valence-electron chi connectivity index (χ4n) is 3.97. The van der Waals surface area contributed by atoms with Gasteiger partial charge in [0.1, 0.15) is 11.5 Å². The molecule has 1 aliphatic heterocycles. The Hall–Kier alpha value is -2.64. The summed E-state index contributed by atoms with van der Waals surface area (Å²) >= 11 is 0. The van der Waals surface area contributed by atoms with Crippen LogP contribution in [-0.4, -0.2) is 44.7 Å². The summed E-state index contributed by atoms with van der Waals surface area (Å²) in [7, 11) is 1.71. The van der Waals surface area contributed by atoms with E-state index in [9.17, 15) is 9.59 Å². The number of nitrogens with zero attached hydrogens (tertiary/aromatic N) is 4. The quantitative estimate of drug-likeness (QED) is 0.894. The molecule has 0 bridgehead atoms. The first-order valence-electron chi connectivity index (χ1n) is 9.64. The highest BCUT2D eigenvalue weighted by atomic mass is 16.5. The third-order valence-electron chi connectivity index (χ3n) is 5.53. The molecule has 1 saturated heterocycles. The molecule has 8 nitrogen and oxygen atoms in total. The van der Waals surface area contributed by atoms with Crippen LogP contribution in [0.15, 0.2) is 10.7 Å². The predicted molar refractivity (Wildman–Crippen MR) is 98.6 cm³/mol. The third-order valence-corrected chi connectivity index (χ3v) is 5.53. The number of aromatic nitrogens is 3. The van der Waals surface area contributed by atoms with Gasteiger partial charge in [0.2, 0.25) is 0 Å². The molecule has 0 radical (unpaired) electrons. The highest BCUT2D eigenvalue weighted by molar-refractivity contribution is 6.08. The summed E-state index contributed by atoms with van der Waals surface area (Å²) in [6, 6.07) is 0. The van der Waals surface area contributed by atoms with E-state index >= 15 is 0 Å². The van der Waals surface area contributed by atoms with Crippen molar-refractivity contribution in [1.29, 1.82) is 0 Å². The van der Waals surface area contributed by atoms with Gasteiger partial charge in [0.15, 0.2) is 5.69 Å². The van der Waals surface area contributed by atoms with Crippen molar-refractivity contribution in [2.75, 3.05) is 18.4 Å². The van der Waals surface area contributed by atoms with Crippen LogP contribution < -0.4 is 5.32 Å². The fraction of sp³-hybridized carbons (Fsp3) is 0.579. The zero-order chi connectivity index (χ0) is 19.0. The van der Waals surface area contributed by atoms with E-state index in [-0.39, 0.29) is 11.8 Å². The maximum Gasteiger partial charge on any atom is 0.278 e. The predicted octanol–water partition coefficient (Wildman–Crippen LogP) is 2.41. The average Bonchev–Trinajstić information content (AvgIpc) is 3.25. The number of piperidine rings is 1. The van der Waals surface area contributed by atoms with Crippen LogP contribution in [0.25, 0.3) is 0 Å². The Morgan fingerprint density at radius 3 is 2.81 bits per heavy atom. The van der Waals surface area contributed by atoms with E-state index in [1.807, 2.05) is 4.90 Å². The van der Waals surface area contributed by atoms with E-state index in [4.69, 9.17) is 4.52 Å². The Balaban J connectivity index is 1.56. The van der Waals surface area contributed by atoms with Crippen LogP contribution in [0.2, 0.25) is 0 Å². The zero-order valence-electron chi connectivity index (χ0n) is 15.8. The van der Waals surface area contributed by atoms with Crippen molar-refractivity contribution in [2.24, 2.45) is 13.0 Å². The van der Waals surface area contributed by atoms with Gasteiger partial charge in [-0.05, 0) is 38.0 Å². The summed E-state index contributed by atoms with van der Waals surface area (Å²) in [5.41, 5.74) is 2.02. The number of rotatable bonds is 3. The first-order chi connectivity index (χ1) is 13.0. The van der Waals surface area contributed by atoms with Gasteiger partial charge in [0, 0.05) is 32.1 Å². The Morgan fingerprint density at radius 1 is 1.26 bits per heavy atom. The molecule has 0 spiro atoms. The maximum absolute atomic E-state index is 12.9. The van der Waals surface area contributed by atoms with Gasteiger partial charge in [0.25, 0.3) is 11.8 Å². The molecule has 0 aromatic carbocycles. The Bertz CT molecular complexity index is 863. The first-order valence-corrected chi connectivity index (χ1v) is 9.64. The minimum atomic E-state index is -0.352. The highest BCUT2D eigenvalue weighted by Gasteiger charge is 2.29. The lowest BCUT2D eigenvalue weighted by atomic mass is 9.88. The summed E-state index contributed by atoms with van der Waals surface area (Å²) in [6.07, 6.45) is 7.32. The number of carbonyl (C=O) groups is 2. The van der Waals surface area contributed by atoms with Crippen LogP contribution in [0.5, 0.6) is 0 Å². The maximum atomic E-state index is 12.9. The lowest BCUT2D eigenvalue weighted by Gasteiger charge is -2.27. The second kappa shape index (κ2) is 7.17. The van der Waals surface area contributed by atoms with E-state index < -0.39 is 0 Å². The molecule has 1 fully saturated rings. The number of anilines is 1. The molecule has 2 amide bonds. The number of amides is 2. The van der Waals surface area contributed by atoms with Gasteiger partial charge >= 0.3 is 0 Å². The van der Waals surface area contributed by atoms with E-state index in [1.165, 1.54) is 10.9 Å². The van der Waals surface area contributed by atoms with E-state index in [2.05, 4.69) is 22.5 Å². The Kier molecular flexibility index (Phi) is 4.72. The SMILES string of the molecule is CC1CCc2onc(C(=O)Nc3cnn(C)c3C(=O)N3CCCCC3)c2C1. The fourth-order valence-corrected chi connectivity index (χ4v) is 3.97. The van der Waals surface area contributed by atoms with Crippen molar-refractivity contribution in [3.05, 3.63) is 28.9 Å². The van der Waals surface area contributed by atoms with Crippen molar-refractivity contribution < 1.29 is 14.1 Å². The van der Waals surface area contributed by atoms with Crippen molar-refractivity contribution in [3.8, 4) is 0 Å². The van der Waals surface area contributed by atoms with E-state index in [0.29, 0.717) is 23.0 Å². The van der Waals surface area contributed by atoms with Gasteiger partial charge in [0.05, 0.1) is 11.9 Å². The van der Waals surface area contributed by atoms with E-state index in [0.717, 1.165) is 62.9 Å². The highest BCUT2D eigenvalue weighted by Crippen LogP contribution is 2.28. The van der Waals surface area contributed by atoms with Gasteiger partial charge in [-0.1, -0.05) is 12.1 Å². The molecule has 8 heteroatoms. The third kappa shape index (κ3) is 3.36. The van der Waals surface area contributed by atoms with Crippen LogP contribution in [-0.2, 0) is 19.9 Å². The number of hydrogen-bond acceptors (Lipinski definition) is 5. The van der Waals surface area contributed by atoms with Crippen LogP contribution in [0.1, 0.15) is 64.9 Å². The molecular formula is C19H25N5O3. The van der Waals surface area contributed by atoms with Crippen molar-refractivity contribution in [2.45, 2.75) is 45.4 Å². The monoisotopic (exact) mass is 371 g/mol. The molecule has 0 saturated carbocycles. The van der Waals surface area contributed by atoms with Gasteiger partial charge in [-0.25, -0.2) is 0 Å². The van der Waals surface area contributed by atoms with Gasteiger partial charge in [-0.2, -0.15) is 5.10 Å². The molecule has 3 heterocycles. The Labute approximate surface area is 157 Å². The zero-order valence-corrected chi connectivity index (χ0v) is 15.8. The molecular weight excluding hydrogens is 346 g/mol. The summed E-state index contributed by atoms with van der Waals surface area (Å²) < 4.78 is 6.89. The average molecular weight is 371 g/mol. The molecule has 2 aromatic heterocycles. The second-order valence-corrected chi connectivity index (χ2v) is 7.62. The topological polar surface area (TPSA) is 93.3 Å². The molecule has 144 valence electrons. The largest absolute Gasteiger partial charge is 0.360 e. The first kappa shape index (κ1) is 17.8. The molecule has 1 aliphatic carbocycles. The second-order valence-electron chi connectivity index (χ2n) is 7.62. The number of nitrogens with one attached hydrogen (secondary N) is 1. The summed E-state index contributed by atoms with van der Waals surface area (Å²) in [6.45, 7) is 3.65. The lowest BCUT2D eigenvalue weighted by molar-refractivity contribution is 0.0714. The summed E-state index contributed by atoms with van der Waals surface area (Å²) in [4.78, 5) is 27.6. The van der Waals surface area contributed by atoms with E-state index in [1.54, 1.807) is 7.05 Å². The summed E-state index contributed by atoms with van der Waals surface area (Å²) in [5.74, 6) is 0.850. The molecule has 2 aliphatic rings. The molecule has 4 rings (SSSR count). The standard InChI is InChI=1S/C19H25N5O3/c1-12-6-7-15-13(10-12)16(22-27-15)18(25)21-14-11-20-23(2)17(14)19(26)24-8-4-3-5-9-24/h11-12H,3-10H2,1-2H3,(H,21,25). The van der Waals surface area contributed by atoms with Crippen LogP contribution in [0.4, 0.5) is 5.69 Å². The van der Waals surface area contributed by atoms with Crippen LogP contribution in [0.3, 0.4) is 0 Å². The number of carbonyl (C=O) groups excluding carboxylic acids is 2. The normalized spacial score (nSPS) is 19.6. The van der Waals surface area contributed by atoms with Gasteiger partial charge in [-0.3, -0.25) is 14.3 Å². The van der Waals surface area contributed by atoms with Crippen molar-refractivity contribution >= 4 is 17.5 Å². The molecule has 27 heavy (non-hydrogen) atoms. The Morgan fingerprint density at radius 2 is 2.04 bits per heavy atom. The van der Waals surface area contributed by atoms with Crippen molar-refractivity contribution in [3.63, 3.8) is 0 Å². The molecule has 1 N–H and O–H groups in total. The number of hydrogen-bond donors (Lipinski definition) is 1. The smallest absolute Gasteiger partial charge is 0.278 e. The molecule has 1 unspecified atom stereocenters. The summed E-state index contributed by atoms with van der Waals surface area (Å²) in [5, 5.41) is 11.0. The number of fused-ring (bicyclic) bond motifs is 1. The van der Waals surface area contributed by atoms with Crippen LogP contribution in [0, 0.1) is 5.92 Å². The van der Waals surface area contributed by atoms with Crippen molar-refractivity contribution in [1.82, 2.24) is 19.8 Å². The number of likely N-dealkylation sites (tertiary alicyclic amines) is 1. The number of aryl methyl sites for hydroxylation is 2. The van der Waals surface area contributed by atoms with Crippen LogP contribution >= 0.6 is 0 Å².